The van der Waals surface area contributed by atoms with Crippen LogP contribution in [0.4, 0.5) is 4.39 Å². The van der Waals surface area contributed by atoms with Gasteiger partial charge < -0.3 is 0 Å². The summed E-state index contributed by atoms with van der Waals surface area (Å²) >= 11 is 6.04. The van der Waals surface area contributed by atoms with E-state index < -0.39 is 0 Å². The van der Waals surface area contributed by atoms with Crippen LogP contribution in [-0.2, 0) is 0 Å². The number of fused-ring (bicyclic) bond motifs is 1. The second-order valence-corrected chi connectivity index (χ2v) is 7.10. The van der Waals surface area contributed by atoms with Gasteiger partial charge in [0.05, 0.1) is 17.8 Å². The fourth-order valence-electron chi connectivity index (χ4n) is 3.90. The number of nitrogens with zero attached hydrogens (tertiary/aromatic N) is 2. The zero-order valence-electron chi connectivity index (χ0n) is 13.9. The molecule has 0 N–H and O–H groups in total. The summed E-state index contributed by atoms with van der Waals surface area (Å²) < 4.78 is 14.4. The Labute approximate surface area is 156 Å². The Morgan fingerprint density at radius 3 is 2.23 bits per heavy atom. The highest BCUT2D eigenvalue weighted by molar-refractivity contribution is 6.30. The minimum absolute atomic E-state index is 0.170. The maximum absolute atomic E-state index is 14.4. The van der Waals surface area contributed by atoms with Crippen molar-refractivity contribution in [2.24, 2.45) is 4.99 Å². The number of benzene rings is 3. The predicted octanol–water partition coefficient (Wildman–Crippen LogP) is 5.41. The Bertz CT molecular complexity index is 985. The molecule has 4 atom stereocenters. The molecule has 1 fully saturated rings. The van der Waals surface area contributed by atoms with E-state index in [1.165, 1.54) is 11.6 Å². The quantitative estimate of drug-likeness (QED) is 0.569. The van der Waals surface area contributed by atoms with Crippen molar-refractivity contribution in [1.82, 2.24) is 4.90 Å². The smallest absolute Gasteiger partial charge is 0.132 e. The predicted molar refractivity (Wildman–Crippen MR) is 102 cm³/mol. The van der Waals surface area contributed by atoms with Crippen molar-refractivity contribution in [1.29, 1.82) is 0 Å². The normalized spacial score (nSPS) is 26.3. The summed E-state index contributed by atoms with van der Waals surface area (Å²) in [5.41, 5.74) is 3.93. The van der Waals surface area contributed by atoms with Gasteiger partial charge in [0.2, 0.25) is 0 Å². The van der Waals surface area contributed by atoms with E-state index in [-0.39, 0.29) is 24.1 Å². The summed E-state index contributed by atoms with van der Waals surface area (Å²) in [5, 5.41) is 0.720. The maximum atomic E-state index is 14.4. The molecule has 2 heterocycles. The molecule has 128 valence electrons. The molecule has 2 aliphatic heterocycles. The molecule has 0 bridgehead atoms. The van der Waals surface area contributed by atoms with Crippen molar-refractivity contribution in [2.45, 2.75) is 18.2 Å². The molecule has 3 aromatic carbocycles. The zero-order chi connectivity index (χ0) is 17.7. The van der Waals surface area contributed by atoms with Gasteiger partial charge in [-0.05, 0) is 29.3 Å². The van der Waals surface area contributed by atoms with Crippen molar-refractivity contribution < 1.29 is 4.39 Å². The summed E-state index contributed by atoms with van der Waals surface area (Å²) in [6, 6.07) is 25.3. The minimum atomic E-state index is -0.294. The summed E-state index contributed by atoms with van der Waals surface area (Å²) in [6.45, 7) is 0. The van der Waals surface area contributed by atoms with Crippen molar-refractivity contribution in [3.05, 3.63) is 106 Å². The first-order valence-electron chi connectivity index (χ1n) is 8.64. The molecule has 0 spiro atoms. The Balaban J connectivity index is 1.58. The van der Waals surface area contributed by atoms with Gasteiger partial charge in [-0.25, -0.2) is 4.39 Å². The van der Waals surface area contributed by atoms with Crippen LogP contribution in [0.25, 0.3) is 0 Å². The standard InChI is InChI=1S/C22H16ClFN2/c23-16-12-10-15(11-13-16)20-21-19(14-6-2-1-3-7-14)25-22(26(20)21)17-8-4-5-9-18(17)24/h1-13,20-22H/t20-,21-,22+,26?/m0/s1. The maximum Gasteiger partial charge on any atom is 0.132 e. The highest BCUT2D eigenvalue weighted by Gasteiger charge is 2.59. The van der Waals surface area contributed by atoms with Crippen LogP contribution in [0, 0.1) is 5.82 Å². The third-order valence-electron chi connectivity index (χ3n) is 5.14. The van der Waals surface area contributed by atoms with E-state index in [1.54, 1.807) is 6.07 Å². The van der Waals surface area contributed by atoms with Gasteiger partial charge in [-0.1, -0.05) is 72.3 Å². The van der Waals surface area contributed by atoms with Crippen LogP contribution in [0.3, 0.4) is 0 Å². The molecule has 0 saturated carbocycles. The SMILES string of the molecule is Fc1ccccc1[C@@H]1N=C(c2ccccc2)[C@H]2[C@H](c3ccc(Cl)cc3)N12. The molecule has 3 aromatic rings. The lowest BCUT2D eigenvalue weighted by Gasteiger charge is -2.15. The van der Waals surface area contributed by atoms with E-state index in [0.717, 1.165) is 16.3 Å². The average molecular weight is 363 g/mol. The highest BCUT2D eigenvalue weighted by Crippen LogP contribution is 2.56. The fourth-order valence-corrected chi connectivity index (χ4v) is 4.03. The molecule has 5 rings (SSSR count). The first kappa shape index (κ1) is 15.7. The third kappa shape index (κ3) is 2.47. The highest BCUT2D eigenvalue weighted by atomic mass is 35.5. The first-order valence-corrected chi connectivity index (χ1v) is 9.02. The largest absolute Gasteiger partial charge is 0.263 e. The summed E-state index contributed by atoms with van der Waals surface area (Å²) in [7, 11) is 0. The van der Waals surface area contributed by atoms with Crippen LogP contribution < -0.4 is 0 Å². The van der Waals surface area contributed by atoms with E-state index in [4.69, 9.17) is 16.6 Å². The zero-order valence-corrected chi connectivity index (χ0v) is 14.6. The lowest BCUT2D eigenvalue weighted by Crippen LogP contribution is -2.09. The molecule has 0 radical (unpaired) electrons. The second kappa shape index (κ2) is 6.04. The molecule has 2 aliphatic rings. The van der Waals surface area contributed by atoms with Gasteiger partial charge in [-0.2, -0.15) is 0 Å². The summed E-state index contributed by atoms with van der Waals surface area (Å²) in [5.74, 6) is -0.212. The van der Waals surface area contributed by atoms with Crippen LogP contribution in [0.5, 0.6) is 0 Å². The number of halogens is 2. The molecular formula is C22H16ClFN2. The van der Waals surface area contributed by atoms with Gasteiger partial charge in [0, 0.05) is 10.6 Å². The number of hydrogen-bond donors (Lipinski definition) is 0. The Hall–Kier alpha value is -2.49. The molecule has 0 aliphatic carbocycles. The van der Waals surface area contributed by atoms with Gasteiger partial charge in [-0.3, -0.25) is 9.89 Å². The summed E-state index contributed by atoms with van der Waals surface area (Å²) in [6.07, 6.45) is -0.294. The lowest BCUT2D eigenvalue weighted by atomic mass is 10.0. The molecule has 1 unspecified atom stereocenters. The molecule has 4 heteroatoms. The molecule has 0 amide bonds. The number of hydrogen-bond acceptors (Lipinski definition) is 2. The van der Waals surface area contributed by atoms with E-state index in [0.29, 0.717) is 5.56 Å². The van der Waals surface area contributed by atoms with Gasteiger partial charge in [0.25, 0.3) is 0 Å². The van der Waals surface area contributed by atoms with Crippen LogP contribution in [-0.4, -0.2) is 16.7 Å². The van der Waals surface area contributed by atoms with Crippen molar-refractivity contribution >= 4 is 17.3 Å². The second-order valence-electron chi connectivity index (χ2n) is 6.66. The van der Waals surface area contributed by atoms with E-state index >= 15 is 0 Å². The van der Waals surface area contributed by atoms with E-state index in [1.807, 2.05) is 54.6 Å². The topological polar surface area (TPSA) is 15.4 Å². The molecule has 0 aromatic heterocycles. The number of aliphatic imine (C=N–C) groups is 1. The van der Waals surface area contributed by atoms with Gasteiger partial charge in [0.1, 0.15) is 12.0 Å². The van der Waals surface area contributed by atoms with Gasteiger partial charge in [-0.15, -0.1) is 0 Å². The molecule has 2 nitrogen and oxygen atoms in total. The van der Waals surface area contributed by atoms with E-state index in [9.17, 15) is 4.39 Å². The van der Waals surface area contributed by atoms with Crippen molar-refractivity contribution in [3.63, 3.8) is 0 Å². The Morgan fingerprint density at radius 2 is 1.50 bits per heavy atom. The minimum Gasteiger partial charge on any atom is -0.263 e. The fraction of sp³-hybridized carbons (Fsp3) is 0.136. The van der Waals surface area contributed by atoms with E-state index in [2.05, 4.69) is 17.0 Å². The van der Waals surface area contributed by atoms with Crippen molar-refractivity contribution in [3.8, 4) is 0 Å². The van der Waals surface area contributed by atoms with Gasteiger partial charge in [0.15, 0.2) is 0 Å². The number of rotatable bonds is 3. The van der Waals surface area contributed by atoms with Gasteiger partial charge >= 0.3 is 0 Å². The van der Waals surface area contributed by atoms with Crippen LogP contribution >= 0.6 is 11.6 Å². The Morgan fingerprint density at radius 1 is 0.808 bits per heavy atom. The molecule has 1 saturated heterocycles. The Kier molecular flexibility index (Phi) is 3.66. The monoisotopic (exact) mass is 362 g/mol. The van der Waals surface area contributed by atoms with Crippen LogP contribution in [0.1, 0.15) is 28.9 Å². The van der Waals surface area contributed by atoms with Crippen LogP contribution in [0.2, 0.25) is 5.02 Å². The average Bonchev–Trinajstić information content (AvgIpc) is 3.28. The summed E-state index contributed by atoms with van der Waals surface area (Å²) in [4.78, 5) is 7.16. The third-order valence-corrected chi connectivity index (χ3v) is 5.39. The molecule has 26 heavy (non-hydrogen) atoms. The van der Waals surface area contributed by atoms with Crippen LogP contribution in [0.15, 0.2) is 83.9 Å². The van der Waals surface area contributed by atoms with Crippen molar-refractivity contribution in [2.75, 3.05) is 0 Å². The lowest BCUT2D eigenvalue weighted by molar-refractivity contribution is 0.390. The first-order chi connectivity index (χ1) is 12.7. The molecular weight excluding hydrogens is 347 g/mol.